The maximum absolute atomic E-state index is 5.18. The molecule has 17 heavy (non-hydrogen) atoms. The van der Waals surface area contributed by atoms with Crippen LogP contribution in [0, 0.1) is 13.8 Å². The van der Waals surface area contributed by atoms with Crippen LogP contribution in [-0.4, -0.2) is 6.54 Å². The van der Waals surface area contributed by atoms with Gasteiger partial charge in [0.2, 0.25) is 0 Å². The maximum Gasteiger partial charge on any atom is 0.0953 e. The van der Waals surface area contributed by atoms with Gasteiger partial charge in [-0.25, -0.2) is 0 Å². The van der Waals surface area contributed by atoms with Crippen LogP contribution in [-0.2, 0) is 0 Å². The van der Waals surface area contributed by atoms with E-state index in [0.717, 1.165) is 6.54 Å². The second-order valence-electron chi connectivity index (χ2n) is 4.39. The van der Waals surface area contributed by atoms with Crippen molar-refractivity contribution in [2.75, 3.05) is 6.54 Å². The molecule has 0 saturated carbocycles. The van der Waals surface area contributed by atoms with Gasteiger partial charge in [-0.15, -0.1) is 0 Å². The molecule has 2 heteroatoms. The van der Waals surface area contributed by atoms with Crippen LogP contribution in [0.25, 0.3) is 0 Å². The third-order valence-electron chi connectivity index (χ3n) is 3.15. The summed E-state index contributed by atoms with van der Waals surface area (Å²) in [5.74, 6) is 0. The molecule has 0 aliphatic heterocycles. The Morgan fingerprint density at radius 3 is 2.53 bits per heavy atom. The molecule has 1 aromatic heterocycles. The molecule has 0 spiro atoms. The van der Waals surface area contributed by atoms with Gasteiger partial charge in [-0.05, 0) is 43.1 Å². The first kappa shape index (κ1) is 11.9. The van der Waals surface area contributed by atoms with E-state index in [0.29, 0.717) is 0 Å². The van der Waals surface area contributed by atoms with Gasteiger partial charge in [-0.2, -0.15) is 0 Å². The van der Waals surface area contributed by atoms with E-state index in [2.05, 4.69) is 44.3 Å². The van der Waals surface area contributed by atoms with Crippen molar-refractivity contribution in [3.05, 3.63) is 59.0 Å². The van der Waals surface area contributed by atoms with Gasteiger partial charge in [-0.1, -0.05) is 25.1 Å². The highest BCUT2D eigenvalue weighted by Gasteiger charge is 2.14. The van der Waals surface area contributed by atoms with Crippen LogP contribution >= 0.6 is 0 Å². The second-order valence-corrected chi connectivity index (χ2v) is 4.39. The minimum atomic E-state index is 0.220. The van der Waals surface area contributed by atoms with E-state index in [4.69, 9.17) is 4.42 Å². The summed E-state index contributed by atoms with van der Waals surface area (Å²) in [4.78, 5) is 0. The highest BCUT2D eigenvalue weighted by Crippen LogP contribution is 2.24. The third-order valence-corrected chi connectivity index (χ3v) is 3.15. The van der Waals surface area contributed by atoms with Gasteiger partial charge in [0.25, 0.3) is 0 Å². The molecule has 1 atom stereocenters. The summed E-state index contributed by atoms with van der Waals surface area (Å²) in [5.41, 5.74) is 5.12. The van der Waals surface area contributed by atoms with Crippen LogP contribution in [0.2, 0.25) is 0 Å². The average molecular weight is 229 g/mol. The van der Waals surface area contributed by atoms with Gasteiger partial charge in [0.15, 0.2) is 0 Å². The normalized spacial score (nSPS) is 12.6. The fourth-order valence-corrected chi connectivity index (χ4v) is 2.02. The molecule has 2 nitrogen and oxygen atoms in total. The van der Waals surface area contributed by atoms with Gasteiger partial charge in [0, 0.05) is 5.56 Å². The molecule has 2 aromatic rings. The molecule has 0 fully saturated rings. The minimum absolute atomic E-state index is 0.220. The molecule has 0 amide bonds. The van der Waals surface area contributed by atoms with Crippen LogP contribution in [0.5, 0.6) is 0 Å². The van der Waals surface area contributed by atoms with Gasteiger partial charge < -0.3 is 9.73 Å². The Balaban J connectivity index is 2.35. The highest BCUT2D eigenvalue weighted by molar-refractivity contribution is 5.36. The number of rotatable bonds is 4. The monoisotopic (exact) mass is 229 g/mol. The van der Waals surface area contributed by atoms with E-state index in [1.807, 2.05) is 12.3 Å². The lowest BCUT2D eigenvalue weighted by Crippen LogP contribution is -2.21. The van der Waals surface area contributed by atoms with E-state index < -0.39 is 0 Å². The molecule has 0 bridgehead atoms. The fourth-order valence-electron chi connectivity index (χ4n) is 2.02. The zero-order valence-corrected chi connectivity index (χ0v) is 10.7. The molecule has 0 aliphatic rings. The largest absolute Gasteiger partial charge is 0.472 e. The van der Waals surface area contributed by atoms with Crippen molar-refractivity contribution in [2.24, 2.45) is 0 Å². The quantitative estimate of drug-likeness (QED) is 0.866. The number of furan rings is 1. The van der Waals surface area contributed by atoms with E-state index in [9.17, 15) is 0 Å². The van der Waals surface area contributed by atoms with Crippen molar-refractivity contribution >= 4 is 0 Å². The lowest BCUT2D eigenvalue weighted by molar-refractivity contribution is 0.553. The van der Waals surface area contributed by atoms with E-state index in [1.54, 1.807) is 6.26 Å². The van der Waals surface area contributed by atoms with Gasteiger partial charge >= 0.3 is 0 Å². The lowest BCUT2D eigenvalue weighted by Gasteiger charge is -2.18. The highest BCUT2D eigenvalue weighted by atomic mass is 16.3. The first-order chi connectivity index (χ1) is 8.22. The van der Waals surface area contributed by atoms with Crippen LogP contribution in [0.4, 0.5) is 0 Å². The smallest absolute Gasteiger partial charge is 0.0953 e. The molecular weight excluding hydrogens is 210 g/mol. The Bertz CT molecular complexity index is 474. The van der Waals surface area contributed by atoms with Gasteiger partial charge in [-0.3, -0.25) is 0 Å². The lowest BCUT2D eigenvalue weighted by atomic mass is 9.97. The van der Waals surface area contributed by atoms with E-state index >= 15 is 0 Å². The number of benzene rings is 1. The fraction of sp³-hybridized carbons (Fsp3) is 0.333. The topological polar surface area (TPSA) is 25.2 Å². The van der Waals surface area contributed by atoms with Crippen molar-refractivity contribution in [1.29, 1.82) is 0 Å². The van der Waals surface area contributed by atoms with Crippen LogP contribution < -0.4 is 5.32 Å². The molecule has 1 unspecified atom stereocenters. The molecular formula is C15H19NO. The zero-order valence-electron chi connectivity index (χ0n) is 10.7. The summed E-state index contributed by atoms with van der Waals surface area (Å²) in [6.07, 6.45) is 3.53. The number of nitrogens with one attached hydrogen (secondary N) is 1. The van der Waals surface area contributed by atoms with Crippen LogP contribution in [0.1, 0.15) is 35.2 Å². The summed E-state index contributed by atoms with van der Waals surface area (Å²) in [7, 11) is 0. The van der Waals surface area contributed by atoms with Crippen molar-refractivity contribution < 1.29 is 4.42 Å². The molecule has 2 rings (SSSR count). The Morgan fingerprint density at radius 1 is 1.12 bits per heavy atom. The van der Waals surface area contributed by atoms with Crippen molar-refractivity contribution in [3.63, 3.8) is 0 Å². The Labute approximate surface area is 103 Å². The molecule has 0 aliphatic carbocycles. The van der Waals surface area contributed by atoms with Crippen LogP contribution in [0.15, 0.2) is 41.2 Å². The molecule has 1 N–H and O–H groups in total. The molecule has 0 radical (unpaired) electrons. The summed E-state index contributed by atoms with van der Waals surface area (Å²) in [6, 6.07) is 8.84. The van der Waals surface area contributed by atoms with Gasteiger partial charge in [0.1, 0.15) is 0 Å². The predicted octanol–water partition coefficient (Wildman–Crippen LogP) is 3.60. The minimum Gasteiger partial charge on any atom is -0.472 e. The van der Waals surface area contributed by atoms with E-state index in [-0.39, 0.29) is 6.04 Å². The molecule has 1 aromatic carbocycles. The third kappa shape index (κ3) is 2.59. The standard InChI is InChI=1S/C15H19NO/c1-4-16-15(14-7-8-17-10-14)13-6-5-11(2)12(3)9-13/h5-10,15-16H,4H2,1-3H3. The molecule has 1 heterocycles. The first-order valence-corrected chi connectivity index (χ1v) is 6.05. The summed E-state index contributed by atoms with van der Waals surface area (Å²) < 4.78 is 5.18. The average Bonchev–Trinajstić information content (AvgIpc) is 2.83. The van der Waals surface area contributed by atoms with Crippen molar-refractivity contribution in [2.45, 2.75) is 26.8 Å². The number of hydrogen-bond acceptors (Lipinski definition) is 2. The Morgan fingerprint density at radius 2 is 1.94 bits per heavy atom. The van der Waals surface area contributed by atoms with Crippen molar-refractivity contribution in [1.82, 2.24) is 5.32 Å². The van der Waals surface area contributed by atoms with Gasteiger partial charge in [0.05, 0.1) is 18.6 Å². The second kappa shape index (κ2) is 5.19. The Kier molecular flexibility index (Phi) is 3.64. The zero-order chi connectivity index (χ0) is 12.3. The number of hydrogen-bond donors (Lipinski definition) is 1. The van der Waals surface area contributed by atoms with Crippen molar-refractivity contribution in [3.8, 4) is 0 Å². The predicted molar refractivity (Wildman–Crippen MR) is 70.1 cm³/mol. The molecule has 0 saturated heterocycles. The van der Waals surface area contributed by atoms with E-state index in [1.165, 1.54) is 22.3 Å². The van der Waals surface area contributed by atoms with Crippen LogP contribution in [0.3, 0.4) is 0 Å². The maximum atomic E-state index is 5.18. The Hall–Kier alpha value is -1.54. The summed E-state index contributed by atoms with van der Waals surface area (Å²) in [6.45, 7) is 7.34. The summed E-state index contributed by atoms with van der Waals surface area (Å²) >= 11 is 0. The first-order valence-electron chi connectivity index (χ1n) is 6.05. The molecule has 90 valence electrons. The summed E-state index contributed by atoms with van der Waals surface area (Å²) in [5, 5.41) is 3.49. The number of aryl methyl sites for hydroxylation is 2. The SMILES string of the molecule is CCNC(c1ccoc1)c1ccc(C)c(C)c1.